The van der Waals surface area contributed by atoms with Gasteiger partial charge in [-0.25, -0.2) is 4.98 Å². The summed E-state index contributed by atoms with van der Waals surface area (Å²) in [5.74, 6) is 0.547. The number of aromatic nitrogens is 2. The number of imidazole rings is 1. The number of nitriles is 1. The molecular weight excluding hydrogens is 288 g/mol. The lowest BCUT2D eigenvalue weighted by Gasteiger charge is -2.10. The van der Waals surface area contributed by atoms with Gasteiger partial charge in [0.2, 0.25) is 5.91 Å². The highest BCUT2D eigenvalue weighted by Gasteiger charge is 2.17. The second-order valence-corrected chi connectivity index (χ2v) is 5.49. The van der Waals surface area contributed by atoms with Crippen molar-refractivity contribution in [3.05, 3.63) is 29.6 Å². The molecular formula is C15H17ClN4O. The summed E-state index contributed by atoms with van der Waals surface area (Å²) in [7, 11) is 0. The molecule has 2 rings (SSSR count). The molecule has 0 radical (unpaired) electrons. The molecule has 1 atom stereocenters. The third-order valence-corrected chi connectivity index (χ3v) is 3.33. The van der Waals surface area contributed by atoms with Crippen LogP contribution in [-0.2, 0) is 11.3 Å². The van der Waals surface area contributed by atoms with E-state index in [4.69, 9.17) is 16.9 Å². The fourth-order valence-electron chi connectivity index (χ4n) is 2.14. The smallest absolute Gasteiger partial charge is 0.240 e. The summed E-state index contributed by atoms with van der Waals surface area (Å²) in [4.78, 5) is 16.4. The Morgan fingerprint density at radius 2 is 2.33 bits per heavy atom. The van der Waals surface area contributed by atoms with E-state index in [2.05, 4.69) is 16.4 Å². The monoisotopic (exact) mass is 304 g/mol. The highest BCUT2D eigenvalue weighted by molar-refractivity contribution is 6.20. The largest absolute Gasteiger partial charge is 0.355 e. The topological polar surface area (TPSA) is 70.7 Å². The zero-order chi connectivity index (χ0) is 15.4. The molecule has 5 nitrogen and oxygen atoms in total. The van der Waals surface area contributed by atoms with Gasteiger partial charge in [0.05, 0.1) is 28.0 Å². The molecule has 1 aromatic carbocycles. The fraction of sp³-hybridized carbons (Fsp3) is 0.400. The van der Waals surface area contributed by atoms with Gasteiger partial charge in [-0.15, -0.1) is 11.6 Å². The predicted octanol–water partition coefficient (Wildman–Crippen LogP) is 2.73. The molecule has 21 heavy (non-hydrogen) atoms. The van der Waals surface area contributed by atoms with Crippen molar-refractivity contribution in [3.8, 4) is 6.07 Å². The Morgan fingerprint density at radius 3 is 2.95 bits per heavy atom. The van der Waals surface area contributed by atoms with E-state index in [9.17, 15) is 4.79 Å². The van der Waals surface area contributed by atoms with Crippen LogP contribution in [0.4, 0.5) is 0 Å². The summed E-state index contributed by atoms with van der Waals surface area (Å²) >= 11 is 6.16. The Kier molecular flexibility index (Phi) is 4.81. The van der Waals surface area contributed by atoms with Gasteiger partial charge in [-0.3, -0.25) is 4.79 Å². The molecule has 1 unspecified atom stereocenters. The Hall–Kier alpha value is -2.06. The van der Waals surface area contributed by atoms with Crippen LogP contribution >= 0.6 is 11.6 Å². The number of nitrogens with zero attached hydrogens (tertiary/aromatic N) is 3. The zero-order valence-electron chi connectivity index (χ0n) is 12.1. The van der Waals surface area contributed by atoms with Crippen LogP contribution in [-0.4, -0.2) is 22.0 Å². The van der Waals surface area contributed by atoms with Gasteiger partial charge < -0.3 is 9.88 Å². The summed E-state index contributed by atoms with van der Waals surface area (Å²) in [6.45, 7) is 4.60. The number of benzene rings is 1. The molecule has 1 heterocycles. The van der Waals surface area contributed by atoms with E-state index in [0.29, 0.717) is 17.9 Å². The Morgan fingerprint density at radius 1 is 1.57 bits per heavy atom. The molecule has 0 saturated heterocycles. The van der Waals surface area contributed by atoms with Crippen molar-refractivity contribution in [1.82, 2.24) is 14.9 Å². The van der Waals surface area contributed by atoms with Crippen LogP contribution in [0.3, 0.4) is 0 Å². The zero-order valence-corrected chi connectivity index (χ0v) is 12.8. The van der Waals surface area contributed by atoms with E-state index in [-0.39, 0.29) is 17.8 Å². The second kappa shape index (κ2) is 6.59. The normalized spacial score (nSPS) is 12.1. The second-order valence-electron chi connectivity index (χ2n) is 4.84. The lowest BCUT2D eigenvalue weighted by molar-refractivity contribution is -0.121. The quantitative estimate of drug-likeness (QED) is 0.863. The minimum absolute atomic E-state index is 0.0860. The predicted molar refractivity (Wildman–Crippen MR) is 82.0 cm³/mol. The summed E-state index contributed by atoms with van der Waals surface area (Å²) in [6, 6.07) is 7.31. The van der Waals surface area contributed by atoms with Gasteiger partial charge in [-0.2, -0.15) is 5.26 Å². The molecule has 0 saturated carbocycles. The summed E-state index contributed by atoms with van der Waals surface area (Å²) < 4.78 is 1.78. The fourth-order valence-corrected chi connectivity index (χ4v) is 2.31. The van der Waals surface area contributed by atoms with Crippen molar-refractivity contribution in [3.63, 3.8) is 0 Å². The van der Waals surface area contributed by atoms with Crippen LogP contribution in [0.1, 0.15) is 37.0 Å². The van der Waals surface area contributed by atoms with E-state index in [1.165, 1.54) is 0 Å². The maximum atomic E-state index is 12.0. The molecule has 0 aliphatic carbocycles. The molecule has 1 N–H and O–H groups in total. The molecule has 0 bridgehead atoms. The Bertz CT molecular complexity index is 699. The van der Waals surface area contributed by atoms with Gasteiger partial charge in [0.15, 0.2) is 0 Å². The third kappa shape index (κ3) is 3.34. The summed E-state index contributed by atoms with van der Waals surface area (Å²) in [5.41, 5.74) is 2.02. The molecule has 0 aliphatic rings. The van der Waals surface area contributed by atoms with Gasteiger partial charge in [0.25, 0.3) is 0 Å². The first-order chi connectivity index (χ1) is 10.1. The van der Waals surface area contributed by atoms with Crippen LogP contribution in [0.25, 0.3) is 11.0 Å². The number of amides is 1. The average Bonchev–Trinajstić information content (AvgIpc) is 2.83. The van der Waals surface area contributed by atoms with E-state index >= 15 is 0 Å². The minimum atomic E-state index is -0.318. The summed E-state index contributed by atoms with van der Waals surface area (Å²) in [5, 5.41) is 11.5. The van der Waals surface area contributed by atoms with E-state index in [1.54, 1.807) is 22.8 Å². The number of nitrogens with one attached hydrogen (secondary N) is 1. The molecule has 0 spiro atoms. The number of halogens is 1. The number of hydrogen-bond donors (Lipinski definition) is 1. The summed E-state index contributed by atoms with van der Waals surface area (Å²) in [6.07, 6.45) is 0.883. The molecule has 1 amide bonds. The average molecular weight is 305 g/mol. The van der Waals surface area contributed by atoms with Gasteiger partial charge in [-0.05, 0) is 31.5 Å². The number of hydrogen-bond acceptors (Lipinski definition) is 3. The first kappa shape index (κ1) is 15.3. The van der Waals surface area contributed by atoms with Gasteiger partial charge in [-0.1, -0.05) is 6.92 Å². The number of rotatable bonds is 5. The highest BCUT2D eigenvalue weighted by atomic mass is 35.5. The Balaban J connectivity index is 2.45. The van der Waals surface area contributed by atoms with Crippen LogP contribution in [0.15, 0.2) is 18.2 Å². The van der Waals surface area contributed by atoms with Gasteiger partial charge >= 0.3 is 0 Å². The highest BCUT2D eigenvalue weighted by Crippen LogP contribution is 2.25. The van der Waals surface area contributed by atoms with Gasteiger partial charge in [0, 0.05) is 6.54 Å². The van der Waals surface area contributed by atoms with Crippen LogP contribution in [0, 0.1) is 11.3 Å². The number of fused-ring (bicyclic) bond motifs is 1. The van der Waals surface area contributed by atoms with Crippen molar-refractivity contribution in [2.45, 2.75) is 32.2 Å². The van der Waals surface area contributed by atoms with E-state index in [0.717, 1.165) is 17.5 Å². The lowest BCUT2D eigenvalue weighted by atomic mass is 10.2. The standard InChI is InChI=1S/C15H17ClN4O/c1-3-6-18-14(21)9-20-13-7-11(8-17)4-5-12(13)19-15(20)10(2)16/h4-5,7,10H,3,6,9H2,1-2H3,(H,18,21). The van der Waals surface area contributed by atoms with Crippen molar-refractivity contribution < 1.29 is 4.79 Å². The Labute approximate surface area is 128 Å². The maximum absolute atomic E-state index is 12.0. The molecule has 0 aliphatic heterocycles. The maximum Gasteiger partial charge on any atom is 0.240 e. The third-order valence-electron chi connectivity index (χ3n) is 3.14. The molecule has 110 valence electrons. The lowest BCUT2D eigenvalue weighted by Crippen LogP contribution is -2.28. The molecule has 1 aromatic heterocycles. The van der Waals surface area contributed by atoms with Gasteiger partial charge in [0.1, 0.15) is 12.4 Å². The SMILES string of the molecule is CCCNC(=O)Cn1c(C(C)Cl)nc2ccc(C#N)cc21. The van der Waals surface area contributed by atoms with Crippen molar-refractivity contribution in [2.24, 2.45) is 0 Å². The van der Waals surface area contributed by atoms with E-state index < -0.39 is 0 Å². The first-order valence-corrected chi connectivity index (χ1v) is 7.31. The van der Waals surface area contributed by atoms with Crippen molar-refractivity contribution in [2.75, 3.05) is 6.54 Å². The number of alkyl halides is 1. The van der Waals surface area contributed by atoms with Crippen molar-refractivity contribution >= 4 is 28.5 Å². The first-order valence-electron chi connectivity index (χ1n) is 6.87. The van der Waals surface area contributed by atoms with Crippen LogP contribution in [0.2, 0.25) is 0 Å². The van der Waals surface area contributed by atoms with E-state index in [1.807, 2.05) is 13.8 Å². The van der Waals surface area contributed by atoms with Crippen LogP contribution < -0.4 is 5.32 Å². The number of carbonyl (C=O) groups excluding carboxylic acids is 1. The number of carbonyl (C=O) groups is 1. The van der Waals surface area contributed by atoms with Crippen LogP contribution in [0.5, 0.6) is 0 Å². The molecule has 6 heteroatoms. The molecule has 2 aromatic rings. The molecule has 0 fully saturated rings. The minimum Gasteiger partial charge on any atom is -0.355 e. The van der Waals surface area contributed by atoms with Crippen molar-refractivity contribution in [1.29, 1.82) is 5.26 Å².